The topological polar surface area (TPSA) is 98.7 Å². The first kappa shape index (κ1) is 18.9. The largest absolute Gasteiger partial charge is 0.481 e. The van der Waals surface area contributed by atoms with Crippen LogP contribution in [0.15, 0.2) is 35.2 Å². The molecule has 0 aliphatic rings. The SMILES string of the molecule is COC(=O)CN(c1cc(OC)nc(C)n1)S(=O)(=O)c1ccccc1Cl. The number of hydrogen-bond acceptors (Lipinski definition) is 7. The second-order valence-corrected chi connectivity index (χ2v) is 7.07. The first-order valence-corrected chi connectivity index (χ1v) is 8.85. The van der Waals surface area contributed by atoms with Crippen LogP contribution in [0.3, 0.4) is 0 Å². The highest BCUT2D eigenvalue weighted by Crippen LogP contribution is 2.28. The molecule has 0 saturated heterocycles. The van der Waals surface area contributed by atoms with E-state index in [4.69, 9.17) is 16.3 Å². The molecule has 0 aliphatic carbocycles. The third-order valence-corrected chi connectivity index (χ3v) is 5.42. The van der Waals surface area contributed by atoms with Gasteiger partial charge >= 0.3 is 5.97 Å². The summed E-state index contributed by atoms with van der Waals surface area (Å²) in [7, 11) is -1.63. The molecule has 0 atom stereocenters. The van der Waals surface area contributed by atoms with Gasteiger partial charge in [-0.15, -0.1) is 0 Å². The van der Waals surface area contributed by atoms with E-state index < -0.39 is 22.5 Å². The summed E-state index contributed by atoms with van der Waals surface area (Å²) < 4.78 is 36.5. The average Bonchev–Trinajstić information content (AvgIpc) is 2.58. The van der Waals surface area contributed by atoms with Crippen LogP contribution in [0.4, 0.5) is 5.82 Å². The maximum Gasteiger partial charge on any atom is 0.326 e. The molecule has 134 valence electrons. The minimum absolute atomic E-state index is 0.0232. The maximum atomic E-state index is 13.0. The second-order valence-electron chi connectivity index (χ2n) is 4.83. The number of sulfonamides is 1. The standard InChI is InChI=1S/C15H16ClN3O5S/c1-10-17-13(8-14(18-10)23-2)19(9-15(20)24-3)25(21,22)12-7-5-4-6-11(12)16/h4-8H,9H2,1-3H3. The summed E-state index contributed by atoms with van der Waals surface area (Å²) in [4.78, 5) is 19.7. The number of rotatable bonds is 6. The summed E-state index contributed by atoms with van der Waals surface area (Å²) in [6.45, 7) is 0.994. The fourth-order valence-electron chi connectivity index (χ4n) is 2.00. The van der Waals surface area contributed by atoms with Crippen LogP contribution in [0.25, 0.3) is 0 Å². The minimum Gasteiger partial charge on any atom is -0.481 e. The molecular formula is C15H16ClN3O5S. The van der Waals surface area contributed by atoms with Gasteiger partial charge in [0.05, 0.1) is 19.2 Å². The fraction of sp³-hybridized carbons (Fsp3) is 0.267. The van der Waals surface area contributed by atoms with E-state index in [0.717, 1.165) is 11.4 Å². The molecule has 25 heavy (non-hydrogen) atoms. The summed E-state index contributed by atoms with van der Waals surface area (Å²) in [5.41, 5.74) is 0. The van der Waals surface area contributed by atoms with Gasteiger partial charge in [-0.1, -0.05) is 23.7 Å². The molecule has 8 nitrogen and oxygen atoms in total. The molecule has 0 N–H and O–H groups in total. The van der Waals surface area contributed by atoms with Crippen LogP contribution >= 0.6 is 11.6 Å². The number of hydrogen-bond donors (Lipinski definition) is 0. The Labute approximate surface area is 150 Å². The zero-order valence-corrected chi connectivity index (χ0v) is 15.3. The van der Waals surface area contributed by atoms with E-state index in [1.807, 2.05) is 0 Å². The van der Waals surface area contributed by atoms with Gasteiger partial charge in [0.15, 0.2) is 0 Å². The van der Waals surface area contributed by atoms with E-state index in [2.05, 4.69) is 14.7 Å². The number of carbonyl (C=O) groups is 1. The van der Waals surface area contributed by atoms with Crippen LogP contribution < -0.4 is 9.04 Å². The minimum atomic E-state index is -4.18. The van der Waals surface area contributed by atoms with Crippen molar-refractivity contribution in [1.82, 2.24) is 9.97 Å². The van der Waals surface area contributed by atoms with Gasteiger partial charge in [0.1, 0.15) is 23.1 Å². The highest BCUT2D eigenvalue weighted by molar-refractivity contribution is 7.93. The predicted octanol–water partition coefficient (Wildman–Crippen LogP) is 1.82. The van der Waals surface area contributed by atoms with Crippen molar-refractivity contribution in [3.05, 3.63) is 41.2 Å². The van der Waals surface area contributed by atoms with Crippen molar-refractivity contribution in [1.29, 1.82) is 0 Å². The number of anilines is 1. The van der Waals surface area contributed by atoms with Crippen molar-refractivity contribution in [2.24, 2.45) is 0 Å². The summed E-state index contributed by atoms with van der Waals surface area (Å²) in [6.07, 6.45) is 0. The molecule has 0 unspecified atom stereocenters. The Hall–Kier alpha value is -2.39. The van der Waals surface area contributed by atoms with Gasteiger partial charge < -0.3 is 9.47 Å². The molecule has 0 bridgehead atoms. The van der Waals surface area contributed by atoms with Crippen molar-refractivity contribution in [3.8, 4) is 5.88 Å². The van der Waals surface area contributed by atoms with Crippen molar-refractivity contribution in [2.75, 3.05) is 25.1 Å². The van der Waals surface area contributed by atoms with Gasteiger partial charge in [-0.2, -0.15) is 4.98 Å². The Balaban J connectivity index is 2.63. The number of halogens is 1. The second kappa shape index (κ2) is 7.66. The first-order chi connectivity index (χ1) is 11.8. The third-order valence-electron chi connectivity index (χ3n) is 3.17. The Kier molecular flexibility index (Phi) is 5.81. The Morgan fingerprint density at radius 1 is 1.24 bits per heavy atom. The van der Waals surface area contributed by atoms with Gasteiger partial charge in [-0.05, 0) is 19.1 Å². The number of aryl methyl sites for hydroxylation is 1. The lowest BCUT2D eigenvalue weighted by Crippen LogP contribution is -2.37. The predicted molar refractivity (Wildman–Crippen MR) is 91.3 cm³/mol. The smallest absolute Gasteiger partial charge is 0.326 e. The van der Waals surface area contributed by atoms with Crippen LogP contribution in [0.2, 0.25) is 5.02 Å². The Bertz CT molecular complexity index is 888. The molecule has 1 aromatic carbocycles. The van der Waals surface area contributed by atoms with Crippen LogP contribution in [0.1, 0.15) is 5.82 Å². The summed E-state index contributed by atoms with van der Waals surface area (Å²) in [5.74, 6) is -0.356. The zero-order valence-electron chi connectivity index (χ0n) is 13.8. The van der Waals surface area contributed by atoms with E-state index in [1.54, 1.807) is 13.0 Å². The quantitative estimate of drug-likeness (QED) is 0.699. The molecule has 0 amide bonds. The lowest BCUT2D eigenvalue weighted by molar-refractivity contribution is -0.138. The molecule has 0 radical (unpaired) electrons. The summed E-state index contributed by atoms with van der Waals surface area (Å²) >= 11 is 6.02. The van der Waals surface area contributed by atoms with E-state index >= 15 is 0 Å². The average molecular weight is 386 g/mol. The van der Waals surface area contributed by atoms with Crippen molar-refractivity contribution in [2.45, 2.75) is 11.8 Å². The van der Waals surface area contributed by atoms with E-state index in [1.165, 1.54) is 31.4 Å². The molecule has 2 aromatic rings. The first-order valence-electron chi connectivity index (χ1n) is 7.03. The van der Waals surface area contributed by atoms with E-state index in [-0.39, 0.29) is 27.4 Å². The Morgan fingerprint density at radius 2 is 1.92 bits per heavy atom. The number of esters is 1. The lowest BCUT2D eigenvalue weighted by atomic mass is 10.4. The summed E-state index contributed by atoms with van der Waals surface area (Å²) in [5, 5.41) is 0.0232. The zero-order chi connectivity index (χ0) is 18.6. The number of aromatic nitrogens is 2. The Morgan fingerprint density at radius 3 is 2.52 bits per heavy atom. The van der Waals surface area contributed by atoms with Gasteiger partial charge in [-0.3, -0.25) is 4.79 Å². The molecule has 10 heteroatoms. The molecular weight excluding hydrogens is 370 g/mol. The highest BCUT2D eigenvalue weighted by Gasteiger charge is 2.31. The molecule has 0 aliphatic heterocycles. The number of carbonyl (C=O) groups excluding carboxylic acids is 1. The molecule has 1 heterocycles. The van der Waals surface area contributed by atoms with Crippen molar-refractivity contribution < 1.29 is 22.7 Å². The number of methoxy groups -OCH3 is 2. The van der Waals surface area contributed by atoms with Crippen LogP contribution in [-0.4, -0.2) is 45.1 Å². The van der Waals surface area contributed by atoms with Crippen LogP contribution in [-0.2, 0) is 19.6 Å². The molecule has 0 fully saturated rings. The number of benzene rings is 1. The van der Waals surface area contributed by atoms with Crippen LogP contribution in [0.5, 0.6) is 5.88 Å². The van der Waals surface area contributed by atoms with E-state index in [0.29, 0.717) is 0 Å². The molecule has 0 spiro atoms. The van der Waals surface area contributed by atoms with Crippen molar-refractivity contribution in [3.63, 3.8) is 0 Å². The van der Waals surface area contributed by atoms with Gasteiger partial charge in [0.25, 0.3) is 10.0 Å². The highest BCUT2D eigenvalue weighted by atomic mass is 35.5. The number of nitrogens with zero attached hydrogens (tertiary/aromatic N) is 3. The van der Waals surface area contributed by atoms with Crippen LogP contribution in [0, 0.1) is 6.92 Å². The summed E-state index contributed by atoms with van der Waals surface area (Å²) in [6, 6.07) is 7.22. The monoisotopic (exact) mass is 385 g/mol. The molecule has 2 rings (SSSR count). The fourth-order valence-corrected chi connectivity index (χ4v) is 3.85. The van der Waals surface area contributed by atoms with Crippen molar-refractivity contribution >= 4 is 33.4 Å². The van der Waals surface area contributed by atoms with Gasteiger partial charge in [0, 0.05) is 6.07 Å². The lowest BCUT2D eigenvalue weighted by Gasteiger charge is -2.23. The molecule has 0 saturated carbocycles. The number of ether oxygens (including phenoxy) is 2. The van der Waals surface area contributed by atoms with Gasteiger partial charge in [0.2, 0.25) is 5.88 Å². The molecule has 1 aromatic heterocycles. The normalized spacial score (nSPS) is 11.0. The van der Waals surface area contributed by atoms with Gasteiger partial charge in [-0.25, -0.2) is 17.7 Å². The third kappa shape index (κ3) is 4.18. The maximum absolute atomic E-state index is 13.0. The van der Waals surface area contributed by atoms with E-state index in [9.17, 15) is 13.2 Å².